The first kappa shape index (κ1) is 13.4. The lowest BCUT2D eigenvalue weighted by atomic mass is 10.2. The van der Waals surface area contributed by atoms with Crippen molar-refractivity contribution in [2.24, 2.45) is 4.99 Å². The molecule has 0 amide bonds. The Bertz CT molecular complexity index is 629. The number of phenols is 1. The maximum Gasteiger partial charge on any atom is 0.148 e. The van der Waals surface area contributed by atoms with Crippen molar-refractivity contribution in [2.75, 3.05) is 7.11 Å². The van der Waals surface area contributed by atoms with E-state index in [1.54, 1.807) is 12.1 Å². The van der Waals surface area contributed by atoms with Gasteiger partial charge in [-0.2, -0.15) is 0 Å². The quantitative estimate of drug-likeness (QED) is 0.865. The highest BCUT2D eigenvalue weighted by Crippen LogP contribution is 2.27. The molecule has 0 saturated heterocycles. The van der Waals surface area contributed by atoms with Crippen molar-refractivity contribution in [1.29, 1.82) is 0 Å². The van der Waals surface area contributed by atoms with Crippen LogP contribution in [-0.4, -0.2) is 18.4 Å². The fraction of sp³-hybridized carbons (Fsp3) is 0.0714. The van der Waals surface area contributed by atoms with Gasteiger partial charge in [-0.05, 0) is 30.3 Å². The summed E-state index contributed by atoms with van der Waals surface area (Å²) >= 11 is 5.77. The second-order valence-corrected chi connectivity index (χ2v) is 4.18. The van der Waals surface area contributed by atoms with Gasteiger partial charge < -0.3 is 9.84 Å². The Labute approximate surface area is 114 Å². The highest BCUT2D eigenvalue weighted by atomic mass is 35.5. The molecule has 0 saturated carbocycles. The number of methoxy groups -OCH3 is 1. The molecule has 3 nitrogen and oxygen atoms in total. The fourth-order valence-corrected chi connectivity index (χ4v) is 1.73. The molecule has 0 aliphatic heterocycles. The first-order valence-electron chi connectivity index (χ1n) is 5.47. The van der Waals surface area contributed by atoms with E-state index in [0.29, 0.717) is 16.3 Å². The van der Waals surface area contributed by atoms with Crippen LogP contribution in [0.1, 0.15) is 5.56 Å². The lowest BCUT2D eigenvalue weighted by molar-refractivity contribution is 0.406. The summed E-state index contributed by atoms with van der Waals surface area (Å²) in [7, 11) is 1.48. The van der Waals surface area contributed by atoms with Crippen molar-refractivity contribution in [3.8, 4) is 11.5 Å². The maximum absolute atomic E-state index is 13.5. The monoisotopic (exact) mass is 279 g/mol. The second-order valence-electron chi connectivity index (χ2n) is 3.75. The Morgan fingerprint density at radius 1 is 1.32 bits per heavy atom. The maximum atomic E-state index is 13.5. The molecule has 0 aliphatic carbocycles. The molecule has 0 atom stereocenters. The van der Waals surface area contributed by atoms with Crippen molar-refractivity contribution in [3.05, 3.63) is 52.8 Å². The first-order valence-corrected chi connectivity index (χ1v) is 5.84. The number of aliphatic imine (C=N–C) groups is 1. The van der Waals surface area contributed by atoms with Crippen LogP contribution in [0.25, 0.3) is 0 Å². The summed E-state index contributed by atoms with van der Waals surface area (Å²) < 4.78 is 18.6. The largest absolute Gasteiger partial charge is 0.507 e. The molecule has 1 N–H and O–H groups in total. The molecule has 0 bridgehead atoms. The molecule has 19 heavy (non-hydrogen) atoms. The van der Waals surface area contributed by atoms with Crippen molar-refractivity contribution >= 4 is 23.5 Å². The van der Waals surface area contributed by atoms with Crippen molar-refractivity contribution < 1.29 is 14.2 Å². The van der Waals surface area contributed by atoms with Gasteiger partial charge in [0.05, 0.1) is 12.7 Å². The molecule has 0 heterocycles. The zero-order valence-electron chi connectivity index (χ0n) is 10.1. The summed E-state index contributed by atoms with van der Waals surface area (Å²) in [4.78, 5) is 3.98. The van der Waals surface area contributed by atoms with Crippen LogP contribution in [0.2, 0.25) is 5.02 Å². The van der Waals surface area contributed by atoms with Crippen LogP contribution in [0.3, 0.4) is 0 Å². The van der Waals surface area contributed by atoms with E-state index in [0.717, 1.165) is 0 Å². The number of benzene rings is 2. The van der Waals surface area contributed by atoms with Crippen molar-refractivity contribution in [2.45, 2.75) is 0 Å². The molecule has 0 spiro atoms. The van der Waals surface area contributed by atoms with E-state index in [1.165, 1.54) is 37.6 Å². The van der Waals surface area contributed by atoms with E-state index in [2.05, 4.69) is 4.99 Å². The van der Waals surface area contributed by atoms with E-state index in [4.69, 9.17) is 16.3 Å². The van der Waals surface area contributed by atoms with Crippen LogP contribution in [0, 0.1) is 5.82 Å². The fourth-order valence-electron chi connectivity index (χ4n) is 1.56. The summed E-state index contributed by atoms with van der Waals surface area (Å²) in [6.45, 7) is 0. The molecule has 2 rings (SSSR count). The van der Waals surface area contributed by atoms with Crippen LogP contribution in [-0.2, 0) is 0 Å². The minimum atomic E-state index is -0.491. The lowest BCUT2D eigenvalue weighted by Crippen LogP contribution is -1.91. The number of hydrogen-bond donors (Lipinski definition) is 1. The van der Waals surface area contributed by atoms with E-state index in [1.807, 2.05) is 0 Å². The van der Waals surface area contributed by atoms with E-state index < -0.39 is 5.82 Å². The van der Waals surface area contributed by atoms with Crippen LogP contribution < -0.4 is 4.74 Å². The van der Waals surface area contributed by atoms with Gasteiger partial charge in [0.1, 0.15) is 23.0 Å². The predicted molar refractivity (Wildman–Crippen MR) is 73.3 cm³/mol. The Balaban J connectivity index is 2.40. The first-order chi connectivity index (χ1) is 9.11. The van der Waals surface area contributed by atoms with Gasteiger partial charge in [-0.25, -0.2) is 4.39 Å². The lowest BCUT2D eigenvalue weighted by Gasteiger charge is -2.05. The summed E-state index contributed by atoms with van der Waals surface area (Å²) in [5, 5.41) is 10.1. The molecule has 0 unspecified atom stereocenters. The minimum absolute atomic E-state index is 0.00513. The number of hydrogen-bond acceptors (Lipinski definition) is 3. The molecule has 5 heteroatoms. The van der Waals surface area contributed by atoms with Gasteiger partial charge in [0, 0.05) is 11.2 Å². The van der Waals surface area contributed by atoms with Gasteiger partial charge in [0.2, 0.25) is 0 Å². The van der Waals surface area contributed by atoms with Gasteiger partial charge in [0.25, 0.3) is 0 Å². The zero-order valence-corrected chi connectivity index (χ0v) is 10.9. The molecular weight excluding hydrogens is 269 g/mol. The third kappa shape index (κ3) is 3.03. The zero-order chi connectivity index (χ0) is 13.8. The third-order valence-corrected chi connectivity index (χ3v) is 2.74. The summed E-state index contributed by atoms with van der Waals surface area (Å²) in [5.74, 6) is -0.0354. The average molecular weight is 280 g/mol. The van der Waals surface area contributed by atoms with Crippen molar-refractivity contribution in [3.63, 3.8) is 0 Å². The van der Waals surface area contributed by atoms with Gasteiger partial charge in [-0.1, -0.05) is 17.7 Å². The molecule has 0 fully saturated rings. The van der Waals surface area contributed by atoms with Gasteiger partial charge in [-0.15, -0.1) is 0 Å². The standard InChI is InChI=1S/C14H11ClFNO2/c1-19-14-4-2-3-13(18)10(14)8-17-12-7-9(15)5-6-11(12)16/h2-8,18H,1H3/b17-8+. The molecule has 0 radical (unpaired) electrons. The molecule has 0 aromatic heterocycles. The Kier molecular flexibility index (Phi) is 4.02. The minimum Gasteiger partial charge on any atom is -0.507 e. The third-order valence-electron chi connectivity index (χ3n) is 2.50. The Morgan fingerprint density at radius 2 is 2.11 bits per heavy atom. The number of halogens is 2. The molecule has 98 valence electrons. The highest BCUT2D eigenvalue weighted by molar-refractivity contribution is 6.30. The van der Waals surface area contributed by atoms with E-state index in [9.17, 15) is 9.50 Å². The molecular formula is C14H11ClFNO2. The van der Waals surface area contributed by atoms with Crippen molar-refractivity contribution in [1.82, 2.24) is 0 Å². The predicted octanol–water partition coefficient (Wildman–Crippen LogP) is 3.94. The smallest absolute Gasteiger partial charge is 0.148 e. The normalized spacial score (nSPS) is 10.9. The Morgan fingerprint density at radius 3 is 2.84 bits per heavy atom. The highest BCUT2D eigenvalue weighted by Gasteiger charge is 2.06. The van der Waals surface area contributed by atoms with Crippen LogP contribution >= 0.6 is 11.6 Å². The summed E-state index contributed by atoms with van der Waals surface area (Å²) in [5.41, 5.74) is 0.474. The number of ether oxygens (including phenoxy) is 1. The number of aromatic hydroxyl groups is 1. The second kappa shape index (κ2) is 5.71. The summed E-state index contributed by atoms with van der Waals surface area (Å²) in [6.07, 6.45) is 1.34. The molecule has 2 aromatic carbocycles. The SMILES string of the molecule is COc1cccc(O)c1/C=N/c1cc(Cl)ccc1F. The number of phenolic OH excluding ortho intramolecular Hbond substituents is 1. The number of rotatable bonds is 3. The van der Waals surface area contributed by atoms with E-state index in [-0.39, 0.29) is 11.4 Å². The van der Waals surface area contributed by atoms with Crippen LogP contribution in [0.4, 0.5) is 10.1 Å². The van der Waals surface area contributed by atoms with Gasteiger partial charge >= 0.3 is 0 Å². The topological polar surface area (TPSA) is 41.8 Å². The summed E-state index contributed by atoms with van der Waals surface area (Å²) in [6, 6.07) is 8.90. The Hall–Kier alpha value is -2.07. The number of nitrogens with zero attached hydrogens (tertiary/aromatic N) is 1. The van der Waals surface area contributed by atoms with E-state index >= 15 is 0 Å². The van der Waals surface area contributed by atoms with Crippen LogP contribution in [0.5, 0.6) is 11.5 Å². The van der Waals surface area contributed by atoms with Gasteiger partial charge in [0.15, 0.2) is 0 Å². The van der Waals surface area contributed by atoms with Crippen LogP contribution in [0.15, 0.2) is 41.4 Å². The molecule has 0 aliphatic rings. The average Bonchev–Trinajstić information content (AvgIpc) is 2.40. The molecule has 2 aromatic rings. The van der Waals surface area contributed by atoms with Gasteiger partial charge in [-0.3, -0.25) is 4.99 Å².